The van der Waals surface area contributed by atoms with Crippen LogP contribution in [0.25, 0.3) is 0 Å². The van der Waals surface area contributed by atoms with Gasteiger partial charge in [-0.2, -0.15) is 0 Å². The molecule has 3 rings (SSSR count). The lowest BCUT2D eigenvalue weighted by Gasteiger charge is -2.32. The quantitative estimate of drug-likeness (QED) is 0.886. The third kappa shape index (κ3) is 3.93. The van der Waals surface area contributed by atoms with Gasteiger partial charge in [-0.3, -0.25) is 4.79 Å². The first kappa shape index (κ1) is 18.1. The maximum absolute atomic E-state index is 12.8. The van der Waals surface area contributed by atoms with E-state index in [2.05, 4.69) is 0 Å². The zero-order chi connectivity index (χ0) is 18.5. The molecule has 0 spiro atoms. The number of phenolic OH excluding ortho intramolecular Hbond substituents is 1. The molecule has 0 atom stereocenters. The molecule has 1 saturated heterocycles. The molecule has 2 aromatic rings. The first-order chi connectivity index (χ1) is 12.6. The lowest BCUT2D eigenvalue weighted by atomic mass is 9.89. The van der Waals surface area contributed by atoms with Crippen LogP contribution in [0.5, 0.6) is 17.2 Å². The Morgan fingerprint density at radius 2 is 1.81 bits per heavy atom. The standard InChI is InChI=1S/C21H25NO4/c1-3-26-19-9-6-17(14-20(19)25-2)21(24)22-12-10-16(11-13-22)15-4-7-18(23)8-5-15/h4-9,14,16,23H,3,10-13H2,1-2H3. The van der Waals surface area contributed by atoms with Crippen molar-refractivity contribution in [2.24, 2.45) is 0 Å². The molecular weight excluding hydrogens is 330 g/mol. The monoisotopic (exact) mass is 355 g/mol. The second-order valence-electron chi connectivity index (χ2n) is 6.46. The fourth-order valence-electron chi connectivity index (χ4n) is 3.42. The molecule has 1 heterocycles. The molecule has 2 aromatic carbocycles. The third-order valence-electron chi connectivity index (χ3n) is 4.86. The molecule has 0 aliphatic carbocycles. The molecule has 0 aromatic heterocycles. The highest BCUT2D eigenvalue weighted by Gasteiger charge is 2.25. The van der Waals surface area contributed by atoms with Crippen molar-refractivity contribution in [1.82, 2.24) is 4.90 Å². The van der Waals surface area contributed by atoms with Crippen molar-refractivity contribution in [2.75, 3.05) is 26.8 Å². The molecular formula is C21H25NO4. The average molecular weight is 355 g/mol. The topological polar surface area (TPSA) is 59.0 Å². The van der Waals surface area contributed by atoms with Crippen molar-refractivity contribution in [3.63, 3.8) is 0 Å². The zero-order valence-corrected chi connectivity index (χ0v) is 15.3. The number of ether oxygens (including phenoxy) is 2. The fraction of sp³-hybridized carbons (Fsp3) is 0.381. The number of likely N-dealkylation sites (tertiary alicyclic amines) is 1. The first-order valence-corrected chi connectivity index (χ1v) is 9.01. The normalized spacial score (nSPS) is 14.9. The molecule has 138 valence electrons. The number of piperidine rings is 1. The van der Waals surface area contributed by atoms with Crippen LogP contribution in [0.2, 0.25) is 0 Å². The van der Waals surface area contributed by atoms with E-state index in [0.717, 1.165) is 25.9 Å². The smallest absolute Gasteiger partial charge is 0.253 e. The first-order valence-electron chi connectivity index (χ1n) is 9.01. The predicted octanol–water partition coefficient (Wildman–Crippen LogP) is 3.82. The van der Waals surface area contributed by atoms with Crippen molar-refractivity contribution in [3.8, 4) is 17.2 Å². The molecule has 0 bridgehead atoms. The fourth-order valence-corrected chi connectivity index (χ4v) is 3.42. The SMILES string of the molecule is CCOc1ccc(C(=O)N2CCC(c3ccc(O)cc3)CC2)cc1OC. The number of hydrogen-bond acceptors (Lipinski definition) is 4. The van der Waals surface area contributed by atoms with Gasteiger partial charge in [0.15, 0.2) is 11.5 Å². The lowest BCUT2D eigenvalue weighted by molar-refractivity contribution is 0.0712. The van der Waals surface area contributed by atoms with Crippen LogP contribution in [0.4, 0.5) is 0 Å². The summed E-state index contributed by atoms with van der Waals surface area (Å²) in [5, 5.41) is 9.42. The van der Waals surface area contributed by atoms with Gasteiger partial charge in [-0.05, 0) is 61.6 Å². The van der Waals surface area contributed by atoms with Crippen LogP contribution in [0.1, 0.15) is 41.6 Å². The van der Waals surface area contributed by atoms with Gasteiger partial charge in [0.2, 0.25) is 0 Å². The average Bonchev–Trinajstić information content (AvgIpc) is 2.69. The van der Waals surface area contributed by atoms with E-state index in [1.54, 1.807) is 37.4 Å². The Bertz CT molecular complexity index is 749. The Morgan fingerprint density at radius 1 is 1.12 bits per heavy atom. The highest BCUT2D eigenvalue weighted by molar-refractivity contribution is 5.95. The van der Waals surface area contributed by atoms with Crippen LogP contribution in [-0.4, -0.2) is 42.7 Å². The van der Waals surface area contributed by atoms with E-state index in [4.69, 9.17) is 9.47 Å². The molecule has 0 saturated carbocycles. The third-order valence-corrected chi connectivity index (χ3v) is 4.86. The van der Waals surface area contributed by atoms with Crippen molar-refractivity contribution in [1.29, 1.82) is 0 Å². The van der Waals surface area contributed by atoms with Gasteiger partial charge in [-0.1, -0.05) is 12.1 Å². The van der Waals surface area contributed by atoms with E-state index < -0.39 is 0 Å². The second kappa shape index (κ2) is 8.13. The number of rotatable bonds is 5. The summed E-state index contributed by atoms with van der Waals surface area (Å²) in [6, 6.07) is 12.7. The van der Waals surface area contributed by atoms with Gasteiger partial charge >= 0.3 is 0 Å². The molecule has 5 heteroatoms. The summed E-state index contributed by atoms with van der Waals surface area (Å²) in [5.74, 6) is 1.96. The molecule has 26 heavy (non-hydrogen) atoms. The summed E-state index contributed by atoms with van der Waals surface area (Å²) in [4.78, 5) is 14.7. The predicted molar refractivity (Wildman–Crippen MR) is 100 cm³/mol. The Labute approximate surface area is 154 Å². The molecule has 1 aliphatic rings. The molecule has 1 amide bonds. The van der Waals surface area contributed by atoms with Gasteiger partial charge in [0, 0.05) is 18.7 Å². The van der Waals surface area contributed by atoms with E-state index in [1.807, 2.05) is 24.0 Å². The number of amides is 1. The van der Waals surface area contributed by atoms with Crippen LogP contribution >= 0.6 is 0 Å². The van der Waals surface area contributed by atoms with E-state index in [9.17, 15) is 9.90 Å². The van der Waals surface area contributed by atoms with Gasteiger partial charge in [0.1, 0.15) is 5.75 Å². The highest BCUT2D eigenvalue weighted by Crippen LogP contribution is 2.31. The van der Waals surface area contributed by atoms with Gasteiger partial charge in [-0.15, -0.1) is 0 Å². The highest BCUT2D eigenvalue weighted by atomic mass is 16.5. The molecule has 5 nitrogen and oxygen atoms in total. The summed E-state index contributed by atoms with van der Waals surface area (Å²) in [5.41, 5.74) is 1.84. The molecule has 1 fully saturated rings. The van der Waals surface area contributed by atoms with E-state index in [1.165, 1.54) is 5.56 Å². The van der Waals surface area contributed by atoms with Crippen molar-refractivity contribution < 1.29 is 19.4 Å². The Kier molecular flexibility index (Phi) is 5.66. The van der Waals surface area contributed by atoms with Gasteiger partial charge in [0.05, 0.1) is 13.7 Å². The molecule has 0 radical (unpaired) electrons. The largest absolute Gasteiger partial charge is 0.508 e. The molecule has 1 aliphatic heterocycles. The van der Waals surface area contributed by atoms with Gasteiger partial charge in [-0.25, -0.2) is 0 Å². The van der Waals surface area contributed by atoms with Gasteiger partial charge < -0.3 is 19.5 Å². The number of methoxy groups -OCH3 is 1. The maximum atomic E-state index is 12.8. The van der Waals surface area contributed by atoms with Crippen LogP contribution in [-0.2, 0) is 0 Å². The van der Waals surface area contributed by atoms with Crippen LogP contribution in [0.3, 0.4) is 0 Å². The van der Waals surface area contributed by atoms with Crippen molar-refractivity contribution >= 4 is 5.91 Å². The molecule has 0 unspecified atom stereocenters. The van der Waals surface area contributed by atoms with Crippen molar-refractivity contribution in [3.05, 3.63) is 53.6 Å². The number of hydrogen-bond donors (Lipinski definition) is 1. The number of phenols is 1. The minimum Gasteiger partial charge on any atom is -0.508 e. The zero-order valence-electron chi connectivity index (χ0n) is 15.3. The number of carbonyl (C=O) groups is 1. The number of nitrogens with zero attached hydrogens (tertiary/aromatic N) is 1. The van der Waals surface area contributed by atoms with Crippen molar-refractivity contribution in [2.45, 2.75) is 25.7 Å². The summed E-state index contributed by atoms with van der Waals surface area (Å²) in [6.07, 6.45) is 1.84. The summed E-state index contributed by atoms with van der Waals surface area (Å²) < 4.78 is 10.9. The Hall–Kier alpha value is -2.69. The van der Waals surface area contributed by atoms with E-state index >= 15 is 0 Å². The number of aromatic hydroxyl groups is 1. The van der Waals surface area contributed by atoms with Gasteiger partial charge in [0.25, 0.3) is 5.91 Å². The Morgan fingerprint density at radius 3 is 2.42 bits per heavy atom. The second-order valence-corrected chi connectivity index (χ2v) is 6.46. The summed E-state index contributed by atoms with van der Waals surface area (Å²) >= 11 is 0. The minimum absolute atomic E-state index is 0.0236. The minimum atomic E-state index is 0.0236. The van der Waals surface area contributed by atoms with Crippen LogP contribution in [0.15, 0.2) is 42.5 Å². The Balaban J connectivity index is 1.65. The van der Waals surface area contributed by atoms with E-state index in [-0.39, 0.29) is 11.7 Å². The molecule has 1 N–H and O–H groups in total. The lowest BCUT2D eigenvalue weighted by Crippen LogP contribution is -2.37. The summed E-state index contributed by atoms with van der Waals surface area (Å²) in [6.45, 7) is 3.91. The van der Waals surface area contributed by atoms with Crippen LogP contribution < -0.4 is 9.47 Å². The number of carbonyl (C=O) groups excluding carboxylic acids is 1. The van der Waals surface area contributed by atoms with Crippen LogP contribution in [0, 0.1) is 0 Å². The maximum Gasteiger partial charge on any atom is 0.253 e. The van der Waals surface area contributed by atoms with E-state index in [0.29, 0.717) is 29.6 Å². The number of benzene rings is 2. The summed E-state index contributed by atoms with van der Waals surface area (Å²) in [7, 11) is 1.58.